The number of hydrogen-bond donors (Lipinski definition) is 1. The van der Waals surface area contributed by atoms with Gasteiger partial charge in [0, 0.05) is 0 Å². The predicted molar refractivity (Wildman–Crippen MR) is 38.2 cm³/mol. The van der Waals surface area contributed by atoms with Gasteiger partial charge in [0.1, 0.15) is 0 Å². The third-order valence-electron chi connectivity index (χ3n) is 2.03. The smallest absolute Gasteiger partial charge is 0.0749 e. The molecule has 9 heavy (non-hydrogen) atoms. The topological polar surface area (TPSA) is 20.2 Å². The van der Waals surface area contributed by atoms with Gasteiger partial charge in [-0.05, 0) is 25.7 Å². The maximum Gasteiger partial charge on any atom is 0.0749 e. The lowest BCUT2D eigenvalue weighted by molar-refractivity contribution is 0.148. The Morgan fingerprint density at radius 3 is 2.78 bits per heavy atom. The molecule has 1 nitrogen and oxygen atoms in total. The summed E-state index contributed by atoms with van der Waals surface area (Å²) in [7, 11) is 0. The zero-order valence-corrected chi connectivity index (χ0v) is 6.09. The highest BCUT2D eigenvalue weighted by Crippen LogP contribution is 2.22. The molecule has 1 rings (SSSR count). The lowest BCUT2D eigenvalue weighted by Gasteiger charge is -2.21. The first-order valence-corrected chi connectivity index (χ1v) is 3.55. The van der Waals surface area contributed by atoms with E-state index in [4.69, 9.17) is 0 Å². The number of rotatable bonds is 0. The van der Waals surface area contributed by atoms with Crippen molar-refractivity contribution in [1.29, 1.82) is 0 Å². The van der Waals surface area contributed by atoms with Gasteiger partial charge in [-0.25, -0.2) is 0 Å². The molecule has 0 saturated carbocycles. The average Bonchev–Trinajstić information content (AvgIpc) is 1.80. The minimum Gasteiger partial charge on any atom is -0.389 e. The summed E-state index contributed by atoms with van der Waals surface area (Å²) in [6, 6.07) is 0. The molecule has 52 valence electrons. The largest absolute Gasteiger partial charge is 0.389 e. The van der Waals surface area contributed by atoms with Crippen LogP contribution in [0.15, 0.2) is 11.6 Å². The second-order valence-corrected chi connectivity index (χ2v) is 3.02. The zero-order valence-electron chi connectivity index (χ0n) is 6.09. The highest BCUT2D eigenvalue weighted by atomic mass is 16.3. The SMILES string of the molecule is CC1=CC(O)C(C)CC1. The molecule has 2 atom stereocenters. The number of aliphatic hydroxyl groups excluding tert-OH is 1. The van der Waals surface area contributed by atoms with Crippen LogP contribution in [0.1, 0.15) is 26.7 Å². The molecule has 0 heterocycles. The summed E-state index contributed by atoms with van der Waals surface area (Å²) < 4.78 is 0. The van der Waals surface area contributed by atoms with Gasteiger partial charge in [0.15, 0.2) is 0 Å². The molecule has 0 aromatic carbocycles. The van der Waals surface area contributed by atoms with Crippen LogP contribution < -0.4 is 0 Å². The van der Waals surface area contributed by atoms with Crippen LogP contribution in [0.3, 0.4) is 0 Å². The van der Waals surface area contributed by atoms with Gasteiger partial charge in [-0.1, -0.05) is 18.6 Å². The summed E-state index contributed by atoms with van der Waals surface area (Å²) >= 11 is 0. The summed E-state index contributed by atoms with van der Waals surface area (Å²) in [5, 5.41) is 9.27. The molecule has 0 fully saturated rings. The van der Waals surface area contributed by atoms with Crippen molar-refractivity contribution in [2.75, 3.05) is 0 Å². The summed E-state index contributed by atoms with van der Waals surface area (Å²) in [5.74, 6) is 0.466. The zero-order chi connectivity index (χ0) is 6.85. The quantitative estimate of drug-likeness (QED) is 0.490. The van der Waals surface area contributed by atoms with E-state index in [-0.39, 0.29) is 6.10 Å². The van der Waals surface area contributed by atoms with E-state index in [2.05, 4.69) is 13.8 Å². The van der Waals surface area contributed by atoms with Crippen molar-refractivity contribution in [3.63, 3.8) is 0 Å². The standard InChI is InChI=1S/C8H14O/c1-6-3-4-7(2)8(9)5-6/h5,7-9H,3-4H2,1-2H3. The van der Waals surface area contributed by atoms with Gasteiger partial charge in [-0.2, -0.15) is 0 Å². The van der Waals surface area contributed by atoms with Gasteiger partial charge in [0.25, 0.3) is 0 Å². The third kappa shape index (κ3) is 1.55. The van der Waals surface area contributed by atoms with Crippen LogP contribution in [0.4, 0.5) is 0 Å². The van der Waals surface area contributed by atoms with E-state index < -0.39 is 0 Å². The van der Waals surface area contributed by atoms with Crippen LogP contribution in [0, 0.1) is 5.92 Å². The van der Waals surface area contributed by atoms with E-state index in [0.717, 1.165) is 12.8 Å². The number of hydrogen-bond acceptors (Lipinski definition) is 1. The van der Waals surface area contributed by atoms with Gasteiger partial charge in [0.2, 0.25) is 0 Å². The van der Waals surface area contributed by atoms with Gasteiger partial charge in [-0.3, -0.25) is 0 Å². The predicted octanol–water partition coefficient (Wildman–Crippen LogP) is 1.72. The lowest BCUT2D eigenvalue weighted by atomic mass is 9.89. The molecular formula is C8H14O. The molecule has 0 aromatic rings. The molecule has 0 radical (unpaired) electrons. The molecule has 1 N–H and O–H groups in total. The fourth-order valence-electron chi connectivity index (χ4n) is 1.17. The summed E-state index contributed by atoms with van der Waals surface area (Å²) in [6.07, 6.45) is 4.09. The fourth-order valence-corrected chi connectivity index (χ4v) is 1.17. The summed E-state index contributed by atoms with van der Waals surface area (Å²) in [5.41, 5.74) is 1.33. The molecule has 0 saturated heterocycles. The Morgan fingerprint density at radius 1 is 1.67 bits per heavy atom. The molecule has 0 bridgehead atoms. The Hall–Kier alpha value is -0.300. The first-order valence-electron chi connectivity index (χ1n) is 3.55. The minimum absolute atomic E-state index is 0.182. The van der Waals surface area contributed by atoms with Crippen molar-refractivity contribution < 1.29 is 5.11 Å². The van der Waals surface area contributed by atoms with Crippen molar-refractivity contribution in [2.24, 2.45) is 5.92 Å². The van der Waals surface area contributed by atoms with Gasteiger partial charge in [0.05, 0.1) is 6.10 Å². The van der Waals surface area contributed by atoms with Crippen molar-refractivity contribution in [2.45, 2.75) is 32.8 Å². The highest BCUT2D eigenvalue weighted by molar-refractivity contribution is 5.06. The number of allylic oxidation sites excluding steroid dienone is 1. The van der Waals surface area contributed by atoms with Crippen LogP contribution >= 0.6 is 0 Å². The number of aliphatic hydroxyl groups is 1. The van der Waals surface area contributed by atoms with Crippen molar-refractivity contribution in [1.82, 2.24) is 0 Å². The Labute approximate surface area is 56.4 Å². The van der Waals surface area contributed by atoms with E-state index in [1.165, 1.54) is 5.57 Å². The second kappa shape index (κ2) is 2.53. The van der Waals surface area contributed by atoms with Crippen molar-refractivity contribution >= 4 is 0 Å². The molecule has 1 aliphatic carbocycles. The van der Waals surface area contributed by atoms with E-state index >= 15 is 0 Å². The molecule has 0 aromatic heterocycles. The van der Waals surface area contributed by atoms with E-state index in [1.807, 2.05) is 6.08 Å². The molecule has 0 aliphatic heterocycles. The first-order chi connectivity index (χ1) is 4.20. The Balaban J connectivity index is 2.58. The maximum atomic E-state index is 9.27. The summed E-state index contributed by atoms with van der Waals surface area (Å²) in [6.45, 7) is 4.17. The van der Waals surface area contributed by atoms with E-state index in [9.17, 15) is 5.11 Å². The van der Waals surface area contributed by atoms with Crippen LogP contribution in [-0.2, 0) is 0 Å². The van der Waals surface area contributed by atoms with Crippen LogP contribution in [-0.4, -0.2) is 11.2 Å². The van der Waals surface area contributed by atoms with Crippen LogP contribution in [0.25, 0.3) is 0 Å². The van der Waals surface area contributed by atoms with Crippen molar-refractivity contribution in [3.8, 4) is 0 Å². The van der Waals surface area contributed by atoms with E-state index in [0.29, 0.717) is 5.92 Å². The van der Waals surface area contributed by atoms with Gasteiger partial charge in [-0.15, -0.1) is 0 Å². The fraction of sp³-hybridized carbons (Fsp3) is 0.750. The minimum atomic E-state index is -0.182. The Bertz CT molecular complexity index is 127. The van der Waals surface area contributed by atoms with Crippen LogP contribution in [0.2, 0.25) is 0 Å². The van der Waals surface area contributed by atoms with Gasteiger partial charge >= 0.3 is 0 Å². The molecule has 0 spiro atoms. The molecule has 2 unspecified atom stereocenters. The average molecular weight is 126 g/mol. The normalized spacial score (nSPS) is 36.1. The second-order valence-electron chi connectivity index (χ2n) is 3.02. The first kappa shape index (κ1) is 6.81. The Kier molecular flexibility index (Phi) is 1.91. The van der Waals surface area contributed by atoms with Crippen molar-refractivity contribution in [3.05, 3.63) is 11.6 Å². The summed E-state index contributed by atoms with van der Waals surface area (Å²) in [4.78, 5) is 0. The van der Waals surface area contributed by atoms with Crippen LogP contribution in [0.5, 0.6) is 0 Å². The van der Waals surface area contributed by atoms with Gasteiger partial charge < -0.3 is 5.11 Å². The van der Waals surface area contributed by atoms with E-state index in [1.54, 1.807) is 0 Å². The monoisotopic (exact) mass is 126 g/mol. The third-order valence-corrected chi connectivity index (χ3v) is 2.03. The Morgan fingerprint density at radius 2 is 2.33 bits per heavy atom. The molecule has 1 aliphatic rings. The highest BCUT2D eigenvalue weighted by Gasteiger charge is 2.15. The molecule has 0 amide bonds. The molecular weight excluding hydrogens is 112 g/mol. The molecule has 1 heteroatoms. The lowest BCUT2D eigenvalue weighted by Crippen LogP contribution is -2.18. The maximum absolute atomic E-state index is 9.27.